The van der Waals surface area contributed by atoms with Crippen LogP contribution in [0, 0.1) is 18.3 Å². The quantitative estimate of drug-likeness (QED) is 0.383. The number of hydrogen-bond donors (Lipinski definition) is 0. The zero-order valence-electron chi connectivity index (χ0n) is 15.4. The smallest absolute Gasteiger partial charge is 0.135 e. The van der Waals surface area contributed by atoms with Crippen LogP contribution in [0.1, 0.15) is 21.7 Å². The van der Waals surface area contributed by atoms with Crippen molar-refractivity contribution in [2.24, 2.45) is 0 Å². The molecule has 0 N–H and O–H groups in total. The lowest BCUT2D eigenvalue weighted by Gasteiger charge is -2.07. The van der Waals surface area contributed by atoms with Crippen LogP contribution in [0.5, 0.6) is 5.75 Å². The Balaban J connectivity index is 1.55. The van der Waals surface area contributed by atoms with Crippen molar-refractivity contribution in [3.8, 4) is 11.8 Å². The molecule has 0 unspecified atom stereocenters. The Kier molecular flexibility index (Phi) is 5.18. The molecule has 0 aliphatic heterocycles. The van der Waals surface area contributed by atoms with Gasteiger partial charge in [0, 0.05) is 0 Å². The number of aromatic nitrogens is 1. The molecule has 0 atom stereocenters. The number of allylic oxidation sites excluding steroid dienone is 1. The van der Waals surface area contributed by atoms with E-state index in [1.807, 2.05) is 54.6 Å². The maximum Gasteiger partial charge on any atom is 0.135 e. The van der Waals surface area contributed by atoms with Gasteiger partial charge in [-0.05, 0) is 48.4 Å². The molecule has 0 bridgehead atoms. The lowest BCUT2D eigenvalue weighted by atomic mass is 10.1. The van der Waals surface area contributed by atoms with E-state index in [9.17, 15) is 5.26 Å². The zero-order valence-corrected chi connectivity index (χ0v) is 16.2. The molecular weight excluding hydrogens is 364 g/mol. The van der Waals surface area contributed by atoms with E-state index < -0.39 is 0 Å². The van der Waals surface area contributed by atoms with Crippen LogP contribution in [0.15, 0.2) is 72.8 Å². The predicted molar refractivity (Wildman–Crippen MR) is 115 cm³/mol. The third kappa shape index (κ3) is 4.11. The monoisotopic (exact) mass is 382 g/mol. The predicted octanol–water partition coefficient (Wildman–Crippen LogP) is 6.25. The molecule has 4 rings (SSSR count). The maximum atomic E-state index is 9.63. The fourth-order valence-corrected chi connectivity index (χ4v) is 3.77. The molecule has 136 valence electrons. The minimum Gasteiger partial charge on any atom is -0.489 e. The number of ether oxygens (including phenoxy) is 1. The fraction of sp³-hybridized carbons (Fsp3) is 0.0833. The first kappa shape index (κ1) is 18.0. The zero-order chi connectivity index (χ0) is 19.3. The Morgan fingerprint density at radius 1 is 1.07 bits per heavy atom. The number of rotatable bonds is 5. The van der Waals surface area contributed by atoms with Crippen molar-refractivity contribution >= 4 is 33.2 Å². The molecule has 0 aliphatic rings. The van der Waals surface area contributed by atoms with Crippen molar-refractivity contribution in [1.29, 1.82) is 5.26 Å². The van der Waals surface area contributed by atoms with Crippen molar-refractivity contribution in [3.05, 3.63) is 94.5 Å². The molecule has 1 aromatic heterocycles. The van der Waals surface area contributed by atoms with Crippen LogP contribution >= 0.6 is 11.3 Å². The average molecular weight is 382 g/mol. The van der Waals surface area contributed by atoms with Crippen LogP contribution in [0.4, 0.5) is 0 Å². The minimum absolute atomic E-state index is 0.510. The maximum absolute atomic E-state index is 9.63. The summed E-state index contributed by atoms with van der Waals surface area (Å²) in [5.74, 6) is 0.774. The SMILES string of the molecule is Cc1ccc(COc2cccc(/C=C(\C#N)c3nc4ccccc4s3)c2)cc1. The number of fused-ring (bicyclic) bond motifs is 1. The number of thiazole rings is 1. The molecule has 0 saturated carbocycles. The number of nitrogens with zero attached hydrogens (tertiary/aromatic N) is 2. The lowest BCUT2D eigenvalue weighted by Crippen LogP contribution is -1.95. The Hall–Kier alpha value is -3.42. The van der Waals surface area contributed by atoms with Crippen molar-refractivity contribution in [1.82, 2.24) is 4.98 Å². The first-order chi connectivity index (χ1) is 13.7. The summed E-state index contributed by atoms with van der Waals surface area (Å²) in [7, 11) is 0. The molecule has 3 aromatic carbocycles. The molecule has 0 saturated heterocycles. The first-order valence-corrected chi connectivity index (χ1v) is 9.79. The van der Waals surface area contributed by atoms with Gasteiger partial charge in [-0.1, -0.05) is 54.1 Å². The van der Waals surface area contributed by atoms with Gasteiger partial charge in [-0.3, -0.25) is 0 Å². The second-order valence-electron chi connectivity index (χ2n) is 6.50. The van der Waals surface area contributed by atoms with E-state index in [1.54, 1.807) is 0 Å². The molecule has 0 radical (unpaired) electrons. The number of nitriles is 1. The lowest BCUT2D eigenvalue weighted by molar-refractivity contribution is 0.306. The van der Waals surface area contributed by atoms with Crippen molar-refractivity contribution < 1.29 is 4.74 Å². The van der Waals surface area contributed by atoms with Crippen molar-refractivity contribution in [2.75, 3.05) is 0 Å². The fourth-order valence-electron chi connectivity index (χ4n) is 2.84. The van der Waals surface area contributed by atoms with Gasteiger partial charge in [-0.2, -0.15) is 5.26 Å². The highest BCUT2D eigenvalue weighted by Gasteiger charge is 2.08. The Morgan fingerprint density at radius 2 is 1.89 bits per heavy atom. The van der Waals surface area contributed by atoms with Gasteiger partial charge in [0.2, 0.25) is 0 Å². The van der Waals surface area contributed by atoms with E-state index in [1.165, 1.54) is 16.9 Å². The molecule has 0 aliphatic carbocycles. The molecule has 0 fully saturated rings. The molecule has 0 amide bonds. The molecule has 28 heavy (non-hydrogen) atoms. The van der Waals surface area contributed by atoms with E-state index >= 15 is 0 Å². The largest absolute Gasteiger partial charge is 0.489 e. The second kappa shape index (κ2) is 8.08. The van der Waals surface area contributed by atoms with Crippen molar-refractivity contribution in [2.45, 2.75) is 13.5 Å². The Bertz CT molecular complexity index is 1150. The van der Waals surface area contributed by atoms with Crippen LogP contribution in [0.25, 0.3) is 21.9 Å². The number of benzene rings is 3. The van der Waals surface area contributed by atoms with E-state index in [4.69, 9.17) is 4.74 Å². The number of para-hydroxylation sites is 1. The van der Waals surface area contributed by atoms with Gasteiger partial charge in [0.05, 0.1) is 15.8 Å². The molecule has 4 aromatic rings. The third-order valence-corrected chi connectivity index (χ3v) is 5.41. The van der Waals surface area contributed by atoms with Gasteiger partial charge in [0.15, 0.2) is 0 Å². The van der Waals surface area contributed by atoms with Crippen LogP contribution in [0.3, 0.4) is 0 Å². The van der Waals surface area contributed by atoms with Gasteiger partial charge in [0.1, 0.15) is 23.4 Å². The van der Waals surface area contributed by atoms with Gasteiger partial charge in [-0.25, -0.2) is 4.98 Å². The summed E-state index contributed by atoms with van der Waals surface area (Å²) in [6.07, 6.45) is 1.86. The van der Waals surface area contributed by atoms with Crippen molar-refractivity contribution in [3.63, 3.8) is 0 Å². The standard InChI is InChI=1S/C24H18N2OS/c1-17-9-11-18(12-10-17)16-27-21-6-4-5-19(14-21)13-20(15-25)24-26-22-7-2-3-8-23(22)28-24/h2-14H,16H2,1H3/b20-13+. The van der Waals surface area contributed by atoms with E-state index in [2.05, 4.69) is 42.2 Å². The average Bonchev–Trinajstić information content (AvgIpc) is 3.16. The third-order valence-electron chi connectivity index (χ3n) is 4.34. The Labute approximate surface area is 168 Å². The highest BCUT2D eigenvalue weighted by atomic mass is 32.1. The highest BCUT2D eigenvalue weighted by Crippen LogP contribution is 2.28. The first-order valence-electron chi connectivity index (χ1n) is 8.97. The summed E-state index contributed by atoms with van der Waals surface area (Å²) in [5, 5.41) is 10.4. The van der Waals surface area contributed by atoms with Crippen LogP contribution in [-0.4, -0.2) is 4.98 Å². The highest BCUT2D eigenvalue weighted by molar-refractivity contribution is 7.19. The second-order valence-corrected chi connectivity index (χ2v) is 7.53. The summed E-state index contributed by atoms with van der Waals surface area (Å²) < 4.78 is 6.99. The molecule has 0 spiro atoms. The summed E-state index contributed by atoms with van der Waals surface area (Å²) >= 11 is 1.53. The van der Waals surface area contributed by atoms with Crippen LogP contribution in [-0.2, 0) is 6.61 Å². The van der Waals surface area contributed by atoms with Gasteiger partial charge in [0.25, 0.3) is 0 Å². The van der Waals surface area contributed by atoms with E-state index in [0.717, 1.165) is 32.1 Å². The van der Waals surface area contributed by atoms with E-state index in [0.29, 0.717) is 12.2 Å². The van der Waals surface area contributed by atoms with Gasteiger partial charge < -0.3 is 4.74 Å². The molecular formula is C24H18N2OS. The van der Waals surface area contributed by atoms with Crippen LogP contribution in [0.2, 0.25) is 0 Å². The van der Waals surface area contributed by atoms with E-state index in [-0.39, 0.29) is 0 Å². The summed E-state index contributed by atoms with van der Waals surface area (Å²) in [6.45, 7) is 2.58. The normalized spacial score (nSPS) is 11.4. The van der Waals surface area contributed by atoms with Crippen LogP contribution < -0.4 is 4.74 Å². The summed E-state index contributed by atoms with van der Waals surface area (Å²) in [4.78, 5) is 4.58. The minimum atomic E-state index is 0.510. The molecule has 4 heteroatoms. The summed E-state index contributed by atoms with van der Waals surface area (Å²) in [6, 6.07) is 26.3. The number of hydrogen-bond acceptors (Lipinski definition) is 4. The summed E-state index contributed by atoms with van der Waals surface area (Å²) in [5.41, 5.74) is 4.74. The molecule has 3 nitrogen and oxygen atoms in total. The topological polar surface area (TPSA) is 45.9 Å². The van der Waals surface area contributed by atoms with Gasteiger partial charge >= 0.3 is 0 Å². The Morgan fingerprint density at radius 3 is 2.68 bits per heavy atom. The van der Waals surface area contributed by atoms with Gasteiger partial charge in [-0.15, -0.1) is 11.3 Å². The number of aryl methyl sites for hydroxylation is 1. The molecule has 1 heterocycles.